The molecule has 2 bridgehead atoms. The van der Waals surface area contributed by atoms with Crippen LogP contribution in [0, 0.1) is 11.8 Å². The molecule has 136 valence electrons. The predicted molar refractivity (Wildman–Crippen MR) is 95.2 cm³/mol. The van der Waals surface area contributed by atoms with Crippen LogP contribution in [0.15, 0.2) is 23.0 Å². The molecule has 2 aliphatic heterocycles. The predicted octanol–water partition coefficient (Wildman–Crippen LogP) is 1.34. The minimum atomic E-state index is -0.473. The van der Waals surface area contributed by atoms with E-state index in [4.69, 9.17) is 0 Å². The maximum absolute atomic E-state index is 13.1. The third-order valence-corrected chi connectivity index (χ3v) is 5.63. The molecule has 6 nitrogen and oxygen atoms in total. The average molecular weight is 345 g/mol. The van der Waals surface area contributed by atoms with Gasteiger partial charge in [0.25, 0.3) is 5.56 Å². The maximum atomic E-state index is 13.1. The Morgan fingerprint density at radius 2 is 2.04 bits per heavy atom. The molecule has 0 radical (unpaired) electrons. The molecular formula is C19H27N3O3. The van der Waals surface area contributed by atoms with Gasteiger partial charge in [-0.3, -0.25) is 14.4 Å². The van der Waals surface area contributed by atoms with Gasteiger partial charge in [-0.25, -0.2) is 0 Å². The summed E-state index contributed by atoms with van der Waals surface area (Å²) in [6.45, 7) is 7.42. The molecule has 0 saturated carbocycles. The van der Waals surface area contributed by atoms with Crippen molar-refractivity contribution in [2.45, 2.75) is 52.1 Å². The molecule has 2 aliphatic rings. The second-order valence-electron chi connectivity index (χ2n) is 7.51. The van der Waals surface area contributed by atoms with Crippen LogP contribution in [0.3, 0.4) is 0 Å². The SMILES string of the molecule is CC[C@@H](C)[C@H](NC(C)=O)C(=O)N1C[C@@H]2C[C@@H](C1)c1cccc(=O)n1C2. The van der Waals surface area contributed by atoms with Crippen molar-refractivity contribution in [3.05, 3.63) is 34.2 Å². The Balaban J connectivity index is 1.82. The highest BCUT2D eigenvalue weighted by atomic mass is 16.2. The first-order valence-corrected chi connectivity index (χ1v) is 9.16. The van der Waals surface area contributed by atoms with Gasteiger partial charge in [0, 0.05) is 44.2 Å². The number of carbonyl (C=O) groups excluding carboxylic acids is 2. The number of pyridine rings is 1. The molecule has 1 aromatic heterocycles. The van der Waals surface area contributed by atoms with Gasteiger partial charge in [-0.1, -0.05) is 26.3 Å². The van der Waals surface area contributed by atoms with Crippen molar-refractivity contribution in [3.8, 4) is 0 Å². The first kappa shape index (κ1) is 17.7. The lowest BCUT2D eigenvalue weighted by Gasteiger charge is -2.44. The summed E-state index contributed by atoms with van der Waals surface area (Å²) in [6.07, 6.45) is 1.84. The minimum absolute atomic E-state index is 0.00554. The van der Waals surface area contributed by atoms with E-state index in [-0.39, 0.29) is 29.2 Å². The molecule has 1 aromatic rings. The van der Waals surface area contributed by atoms with Crippen molar-refractivity contribution < 1.29 is 9.59 Å². The van der Waals surface area contributed by atoms with Crippen molar-refractivity contribution >= 4 is 11.8 Å². The molecular weight excluding hydrogens is 318 g/mol. The van der Waals surface area contributed by atoms with Crippen LogP contribution in [0.2, 0.25) is 0 Å². The first-order valence-electron chi connectivity index (χ1n) is 9.16. The number of fused-ring (bicyclic) bond motifs is 4. The molecule has 25 heavy (non-hydrogen) atoms. The van der Waals surface area contributed by atoms with Gasteiger partial charge in [0.1, 0.15) is 6.04 Å². The van der Waals surface area contributed by atoms with Crippen LogP contribution in [-0.4, -0.2) is 40.4 Å². The molecule has 1 saturated heterocycles. The highest BCUT2D eigenvalue weighted by Gasteiger charge is 2.39. The lowest BCUT2D eigenvalue weighted by molar-refractivity contribution is -0.140. The summed E-state index contributed by atoms with van der Waals surface area (Å²) < 4.78 is 1.86. The first-order chi connectivity index (χ1) is 11.9. The summed E-state index contributed by atoms with van der Waals surface area (Å²) in [5.74, 6) is 0.414. The number of nitrogens with zero attached hydrogens (tertiary/aromatic N) is 2. The second kappa shape index (κ2) is 7.02. The van der Waals surface area contributed by atoms with Gasteiger partial charge in [-0.15, -0.1) is 0 Å². The van der Waals surface area contributed by atoms with Crippen LogP contribution < -0.4 is 10.9 Å². The van der Waals surface area contributed by atoms with Crippen molar-refractivity contribution in [1.29, 1.82) is 0 Å². The summed E-state index contributed by atoms with van der Waals surface area (Å²) >= 11 is 0. The fraction of sp³-hybridized carbons (Fsp3) is 0.632. The van der Waals surface area contributed by atoms with Crippen LogP contribution in [-0.2, 0) is 16.1 Å². The lowest BCUT2D eigenvalue weighted by atomic mass is 9.82. The van der Waals surface area contributed by atoms with Crippen LogP contribution in [0.25, 0.3) is 0 Å². The number of piperidine rings is 1. The van der Waals surface area contributed by atoms with Crippen molar-refractivity contribution in [2.75, 3.05) is 13.1 Å². The molecule has 0 aliphatic carbocycles. The number of amides is 2. The molecule has 0 aromatic carbocycles. The van der Waals surface area contributed by atoms with E-state index < -0.39 is 6.04 Å². The Kier molecular flexibility index (Phi) is 4.97. The fourth-order valence-corrected chi connectivity index (χ4v) is 4.18. The Bertz CT molecular complexity index is 727. The maximum Gasteiger partial charge on any atom is 0.250 e. The quantitative estimate of drug-likeness (QED) is 0.895. The molecule has 0 spiro atoms. The smallest absolute Gasteiger partial charge is 0.250 e. The topological polar surface area (TPSA) is 71.4 Å². The van der Waals surface area contributed by atoms with Gasteiger partial charge >= 0.3 is 0 Å². The Morgan fingerprint density at radius 3 is 2.72 bits per heavy atom. The van der Waals surface area contributed by atoms with Crippen molar-refractivity contribution in [2.24, 2.45) is 11.8 Å². The van der Waals surface area contributed by atoms with E-state index in [1.807, 2.05) is 29.4 Å². The van der Waals surface area contributed by atoms with E-state index in [2.05, 4.69) is 5.32 Å². The highest BCUT2D eigenvalue weighted by molar-refractivity contribution is 5.87. The van der Waals surface area contributed by atoms with Gasteiger partial charge in [0.15, 0.2) is 0 Å². The Hall–Kier alpha value is -2.11. The summed E-state index contributed by atoms with van der Waals surface area (Å²) in [5, 5.41) is 2.84. The zero-order chi connectivity index (χ0) is 18.1. The van der Waals surface area contributed by atoms with E-state index in [0.717, 1.165) is 18.5 Å². The van der Waals surface area contributed by atoms with Crippen LogP contribution >= 0.6 is 0 Å². The number of hydrogen-bond acceptors (Lipinski definition) is 3. The number of aromatic nitrogens is 1. The third-order valence-electron chi connectivity index (χ3n) is 5.63. The monoisotopic (exact) mass is 345 g/mol. The fourth-order valence-electron chi connectivity index (χ4n) is 4.18. The number of carbonyl (C=O) groups is 2. The summed E-state index contributed by atoms with van der Waals surface area (Å²) in [5.41, 5.74) is 1.07. The summed E-state index contributed by atoms with van der Waals surface area (Å²) in [4.78, 5) is 38.6. The summed E-state index contributed by atoms with van der Waals surface area (Å²) in [6, 6.07) is 4.92. The van der Waals surface area contributed by atoms with Gasteiger partial charge < -0.3 is 14.8 Å². The van der Waals surface area contributed by atoms with Gasteiger partial charge in [-0.05, 0) is 24.3 Å². The average Bonchev–Trinajstić information content (AvgIpc) is 2.59. The van der Waals surface area contributed by atoms with Crippen molar-refractivity contribution in [1.82, 2.24) is 14.8 Å². The number of rotatable bonds is 4. The lowest BCUT2D eigenvalue weighted by Crippen LogP contribution is -2.56. The van der Waals surface area contributed by atoms with E-state index >= 15 is 0 Å². The summed E-state index contributed by atoms with van der Waals surface area (Å²) in [7, 11) is 0. The van der Waals surface area contributed by atoms with E-state index in [9.17, 15) is 14.4 Å². The van der Waals surface area contributed by atoms with Crippen LogP contribution in [0.4, 0.5) is 0 Å². The number of hydrogen-bond donors (Lipinski definition) is 1. The standard InChI is InChI=1S/C19H27N3O3/c1-4-12(2)18(20-13(3)23)19(25)21-9-14-8-15(11-21)16-6-5-7-17(24)22(16)10-14/h5-7,12,14-15,18H,4,8-11H2,1-3H3,(H,20,23)/t12-,14+,15+,18+/m1/s1. The molecule has 1 N–H and O–H groups in total. The highest BCUT2D eigenvalue weighted by Crippen LogP contribution is 2.35. The zero-order valence-corrected chi connectivity index (χ0v) is 15.2. The Morgan fingerprint density at radius 1 is 1.28 bits per heavy atom. The number of likely N-dealkylation sites (tertiary alicyclic amines) is 1. The van der Waals surface area contributed by atoms with Crippen LogP contribution in [0.1, 0.15) is 45.2 Å². The van der Waals surface area contributed by atoms with Crippen LogP contribution in [0.5, 0.6) is 0 Å². The van der Waals surface area contributed by atoms with Gasteiger partial charge in [0.05, 0.1) is 0 Å². The molecule has 6 heteroatoms. The molecule has 4 atom stereocenters. The van der Waals surface area contributed by atoms with E-state index in [1.165, 1.54) is 6.92 Å². The third kappa shape index (κ3) is 3.48. The molecule has 3 heterocycles. The van der Waals surface area contributed by atoms with Gasteiger partial charge in [-0.2, -0.15) is 0 Å². The molecule has 1 fully saturated rings. The molecule has 0 unspecified atom stereocenters. The second-order valence-corrected chi connectivity index (χ2v) is 7.51. The molecule has 3 rings (SSSR count). The largest absolute Gasteiger partial charge is 0.344 e. The Labute approximate surface area is 148 Å². The van der Waals surface area contributed by atoms with E-state index in [0.29, 0.717) is 25.6 Å². The van der Waals surface area contributed by atoms with Crippen molar-refractivity contribution in [3.63, 3.8) is 0 Å². The zero-order valence-electron chi connectivity index (χ0n) is 15.2. The van der Waals surface area contributed by atoms with E-state index in [1.54, 1.807) is 12.1 Å². The number of nitrogens with one attached hydrogen (secondary N) is 1. The molecule has 2 amide bonds. The van der Waals surface area contributed by atoms with Gasteiger partial charge in [0.2, 0.25) is 11.8 Å². The normalized spacial score (nSPS) is 24.2. The minimum Gasteiger partial charge on any atom is -0.344 e.